The van der Waals surface area contributed by atoms with Crippen LogP contribution in [0.4, 0.5) is 15.9 Å². The SMILES string of the molecule is CC(=Cc1ccc(N=Nc2ccccc2)cc1)C(=O)OF. The van der Waals surface area contributed by atoms with E-state index in [1.54, 1.807) is 24.3 Å². The van der Waals surface area contributed by atoms with Gasteiger partial charge in [-0.15, -0.1) is 0 Å². The van der Waals surface area contributed by atoms with Gasteiger partial charge in [0.05, 0.1) is 11.4 Å². The highest BCUT2D eigenvalue weighted by molar-refractivity contribution is 5.92. The highest BCUT2D eigenvalue weighted by atomic mass is 19.3. The summed E-state index contributed by atoms with van der Waals surface area (Å²) < 4.78 is 11.7. The van der Waals surface area contributed by atoms with Gasteiger partial charge in [-0.25, -0.2) is 9.74 Å². The van der Waals surface area contributed by atoms with E-state index in [-0.39, 0.29) is 5.57 Å². The van der Waals surface area contributed by atoms with Crippen molar-refractivity contribution in [2.24, 2.45) is 10.2 Å². The maximum Gasteiger partial charge on any atom is 0.375 e. The third-order valence-corrected chi connectivity index (χ3v) is 2.71. The Bertz CT molecular complexity index is 664. The van der Waals surface area contributed by atoms with E-state index < -0.39 is 5.97 Å². The maximum atomic E-state index is 11.7. The Morgan fingerprint density at radius 3 is 2.14 bits per heavy atom. The van der Waals surface area contributed by atoms with Crippen LogP contribution in [0.1, 0.15) is 12.5 Å². The lowest BCUT2D eigenvalue weighted by molar-refractivity contribution is -0.178. The summed E-state index contributed by atoms with van der Waals surface area (Å²) in [6.45, 7) is 1.48. The largest absolute Gasteiger partial charge is 0.375 e. The van der Waals surface area contributed by atoms with Crippen LogP contribution in [0.15, 0.2) is 70.4 Å². The second-order valence-electron chi connectivity index (χ2n) is 4.32. The predicted octanol–water partition coefficient (Wildman–Crippen LogP) is 4.93. The van der Waals surface area contributed by atoms with Crippen LogP contribution in [-0.4, -0.2) is 5.97 Å². The lowest BCUT2D eigenvalue weighted by atomic mass is 10.1. The van der Waals surface area contributed by atoms with Crippen molar-refractivity contribution in [1.82, 2.24) is 0 Å². The van der Waals surface area contributed by atoms with Gasteiger partial charge in [0.2, 0.25) is 0 Å². The number of carbonyl (C=O) groups is 1. The van der Waals surface area contributed by atoms with E-state index in [0.29, 0.717) is 5.69 Å². The molecule has 0 heterocycles. The molecule has 0 unspecified atom stereocenters. The summed E-state index contributed by atoms with van der Waals surface area (Å²) >= 11 is 0. The first-order valence-electron chi connectivity index (χ1n) is 6.27. The summed E-state index contributed by atoms with van der Waals surface area (Å²) in [6, 6.07) is 16.4. The molecule has 0 aliphatic heterocycles. The van der Waals surface area contributed by atoms with E-state index in [9.17, 15) is 9.32 Å². The van der Waals surface area contributed by atoms with Gasteiger partial charge in [-0.1, -0.05) is 30.3 Å². The number of hydrogen-bond donors (Lipinski definition) is 0. The first-order chi connectivity index (χ1) is 10.2. The molecule has 0 aliphatic rings. The highest BCUT2D eigenvalue weighted by Crippen LogP contribution is 2.19. The van der Waals surface area contributed by atoms with E-state index in [1.807, 2.05) is 30.3 Å². The van der Waals surface area contributed by atoms with Crippen LogP contribution >= 0.6 is 0 Å². The molecule has 0 fully saturated rings. The van der Waals surface area contributed by atoms with Gasteiger partial charge in [0.25, 0.3) is 0 Å². The fourth-order valence-corrected chi connectivity index (χ4v) is 1.62. The zero-order valence-corrected chi connectivity index (χ0v) is 11.4. The highest BCUT2D eigenvalue weighted by Gasteiger charge is 2.05. The molecule has 0 amide bonds. The molecule has 4 nitrogen and oxygen atoms in total. The second-order valence-corrected chi connectivity index (χ2v) is 4.32. The molecule has 106 valence electrons. The molecule has 0 bridgehead atoms. The van der Waals surface area contributed by atoms with Gasteiger partial charge >= 0.3 is 5.97 Å². The molecule has 0 N–H and O–H groups in total. The summed E-state index contributed by atoms with van der Waals surface area (Å²) in [7, 11) is 0. The average molecular weight is 284 g/mol. The smallest absolute Gasteiger partial charge is 0.250 e. The van der Waals surface area contributed by atoms with Crippen molar-refractivity contribution < 1.29 is 14.3 Å². The van der Waals surface area contributed by atoms with Gasteiger partial charge in [-0.3, -0.25) is 0 Å². The Balaban J connectivity index is 2.09. The number of halogens is 1. The Kier molecular flexibility index (Phi) is 4.93. The molecule has 21 heavy (non-hydrogen) atoms. The number of azo groups is 1. The van der Waals surface area contributed by atoms with E-state index >= 15 is 0 Å². The standard InChI is InChI=1S/C16H13FN2O2/c1-12(16(20)21-17)11-13-7-9-15(10-8-13)19-18-14-5-3-2-4-6-14/h2-11H,1H3. The van der Waals surface area contributed by atoms with Crippen molar-refractivity contribution in [2.75, 3.05) is 0 Å². The van der Waals surface area contributed by atoms with E-state index in [0.717, 1.165) is 11.3 Å². The van der Waals surface area contributed by atoms with Crippen LogP contribution < -0.4 is 0 Å². The van der Waals surface area contributed by atoms with Gasteiger partial charge in [0.15, 0.2) is 0 Å². The zero-order valence-electron chi connectivity index (χ0n) is 11.4. The van der Waals surface area contributed by atoms with Crippen LogP contribution in [0, 0.1) is 0 Å². The van der Waals surface area contributed by atoms with Gasteiger partial charge in [0.1, 0.15) is 0 Å². The van der Waals surface area contributed by atoms with Crippen molar-refractivity contribution in [2.45, 2.75) is 6.92 Å². The molecule has 0 aromatic heterocycles. The van der Waals surface area contributed by atoms with E-state index in [2.05, 4.69) is 15.2 Å². The minimum Gasteiger partial charge on any atom is -0.250 e. The number of hydrogen-bond acceptors (Lipinski definition) is 4. The van der Waals surface area contributed by atoms with Crippen LogP contribution in [0.5, 0.6) is 0 Å². The molecular formula is C16H13FN2O2. The maximum absolute atomic E-state index is 11.7. The first kappa shape index (κ1) is 14.6. The first-order valence-corrected chi connectivity index (χ1v) is 6.27. The predicted molar refractivity (Wildman–Crippen MR) is 77.9 cm³/mol. The number of benzene rings is 2. The molecule has 2 aromatic rings. The Labute approximate surface area is 121 Å². The third-order valence-electron chi connectivity index (χ3n) is 2.71. The molecule has 0 atom stereocenters. The minimum absolute atomic E-state index is 0.177. The van der Waals surface area contributed by atoms with Crippen LogP contribution in [0.3, 0.4) is 0 Å². The van der Waals surface area contributed by atoms with Crippen LogP contribution in [0.2, 0.25) is 0 Å². The number of nitrogens with zero attached hydrogens (tertiary/aromatic N) is 2. The van der Waals surface area contributed by atoms with Crippen LogP contribution in [-0.2, 0) is 9.74 Å². The van der Waals surface area contributed by atoms with Crippen molar-refractivity contribution in [3.05, 3.63) is 65.7 Å². The van der Waals surface area contributed by atoms with E-state index in [1.165, 1.54) is 13.0 Å². The number of rotatable bonds is 4. The second kappa shape index (κ2) is 7.09. The molecule has 0 saturated carbocycles. The Hall–Kier alpha value is -2.82. The summed E-state index contributed by atoms with van der Waals surface area (Å²) in [5.41, 5.74) is 2.37. The van der Waals surface area contributed by atoms with Gasteiger partial charge in [-0.05, 0) is 42.8 Å². The lowest BCUT2D eigenvalue weighted by Gasteiger charge is -1.97. The molecule has 5 heteroatoms. The monoisotopic (exact) mass is 284 g/mol. The Morgan fingerprint density at radius 2 is 1.57 bits per heavy atom. The molecule has 0 spiro atoms. The van der Waals surface area contributed by atoms with Gasteiger partial charge < -0.3 is 0 Å². The molecule has 0 saturated heterocycles. The quantitative estimate of drug-likeness (QED) is 0.590. The molecule has 2 aromatic carbocycles. The van der Waals surface area contributed by atoms with Crippen molar-refractivity contribution >= 4 is 23.4 Å². The van der Waals surface area contributed by atoms with Crippen LogP contribution in [0.25, 0.3) is 6.08 Å². The molecule has 2 rings (SSSR count). The van der Waals surface area contributed by atoms with Crippen molar-refractivity contribution in [3.63, 3.8) is 0 Å². The van der Waals surface area contributed by atoms with E-state index in [4.69, 9.17) is 0 Å². The Morgan fingerprint density at radius 1 is 1.00 bits per heavy atom. The number of carbonyl (C=O) groups excluding carboxylic acids is 1. The third kappa shape index (κ3) is 4.35. The van der Waals surface area contributed by atoms with Crippen molar-refractivity contribution in [1.29, 1.82) is 0 Å². The summed E-state index contributed by atoms with van der Waals surface area (Å²) in [5.74, 6) is -0.997. The molecule has 0 radical (unpaired) electrons. The van der Waals surface area contributed by atoms with Crippen molar-refractivity contribution in [3.8, 4) is 0 Å². The average Bonchev–Trinajstić information content (AvgIpc) is 2.54. The topological polar surface area (TPSA) is 51.0 Å². The fourth-order valence-electron chi connectivity index (χ4n) is 1.62. The lowest BCUT2D eigenvalue weighted by Crippen LogP contribution is -1.98. The summed E-state index contributed by atoms with van der Waals surface area (Å²) in [4.78, 5) is 14.1. The summed E-state index contributed by atoms with van der Waals surface area (Å²) in [5, 5.41) is 8.20. The minimum atomic E-state index is -0.997. The fraction of sp³-hybridized carbons (Fsp3) is 0.0625. The molecule has 0 aliphatic carbocycles. The van der Waals surface area contributed by atoms with Gasteiger partial charge in [0, 0.05) is 10.1 Å². The molecular weight excluding hydrogens is 271 g/mol. The zero-order chi connectivity index (χ0) is 15.1. The van der Waals surface area contributed by atoms with Gasteiger partial charge in [-0.2, -0.15) is 10.2 Å². The summed E-state index contributed by atoms with van der Waals surface area (Å²) in [6.07, 6.45) is 1.53. The normalized spacial score (nSPS) is 11.6.